The van der Waals surface area contributed by atoms with E-state index in [0.717, 1.165) is 56.7 Å². The van der Waals surface area contributed by atoms with Crippen molar-refractivity contribution < 1.29 is 14.4 Å². The van der Waals surface area contributed by atoms with Crippen LogP contribution in [0.4, 0.5) is 0 Å². The van der Waals surface area contributed by atoms with E-state index in [1.54, 1.807) is 0 Å². The first kappa shape index (κ1) is 23.3. The number of rotatable bonds is 8. The van der Waals surface area contributed by atoms with Gasteiger partial charge in [-0.25, -0.2) is 0 Å². The van der Waals surface area contributed by atoms with Crippen LogP contribution in [0.3, 0.4) is 0 Å². The van der Waals surface area contributed by atoms with Crippen molar-refractivity contribution in [1.82, 2.24) is 20.4 Å². The summed E-state index contributed by atoms with van der Waals surface area (Å²) in [4.78, 5) is 40.9. The highest BCUT2D eigenvalue weighted by Gasteiger charge is 2.29. The van der Waals surface area contributed by atoms with Gasteiger partial charge >= 0.3 is 0 Å². The van der Waals surface area contributed by atoms with Crippen LogP contribution >= 0.6 is 0 Å². The largest absolute Gasteiger partial charge is 0.355 e. The predicted octanol–water partition coefficient (Wildman–Crippen LogP) is 2.01. The van der Waals surface area contributed by atoms with E-state index in [9.17, 15) is 14.4 Å². The Hall–Kier alpha value is -2.41. The number of nitrogens with zero attached hydrogens (tertiary/aromatic N) is 2. The zero-order chi connectivity index (χ0) is 22.2. The Morgan fingerprint density at radius 2 is 1.68 bits per heavy atom. The van der Waals surface area contributed by atoms with Gasteiger partial charge in [0.2, 0.25) is 17.7 Å². The average Bonchev–Trinajstić information content (AvgIpc) is 3.28. The molecule has 3 rings (SSSR count). The number of benzene rings is 1. The number of aryl methyl sites for hydroxylation is 1. The Bertz CT molecular complexity index is 751. The van der Waals surface area contributed by atoms with Crippen molar-refractivity contribution in [2.45, 2.75) is 52.0 Å². The molecule has 1 atom stereocenters. The first-order chi connectivity index (χ1) is 14.9. The lowest BCUT2D eigenvalue weighted by Crippen LogP contribution is -2.51. The summed E-state index contributed by atoms with van der Waals surface area (Å²) in [6.07, 6.45) is 4.68. The third-order valence-corrected chi connectivity index (χ3v) is 6.39. The van der Waals surface area contributed by atoms with Crippen molar-refractivity contribution in [2.24, 2.45) is 5.92 Å². The smallest absolute Gasteiger partial charge is 0.225 e. The van der Waals surface area contributed by atoms with Crippen LogP contribution in [0.2, 0.25) is 0 Å². The third kappa shape index (κ3) is 7.06. The lowest BCUT2D eigenvalue weighted by atomic mass is 10.0. The minimum atomic E-state index is -0.330. The quantitative estimate of drug-likeness (QED) is 0.664. The van der Waals surface area contributed by atoms with Crippen molar-refractivity contribution in [3.05, 3.63) is 35.4 Å². The van der Waals surface area contributed by atoms with Gasteiger partial charge in [-0.3, -0.25) is 19.3 Å². The lowest BCUT2D eigenvalue weighted by Gasteiger charge is -2.36. The highest BCUT2D eigenvalue weighted by atomic mass is 16.2. The van der Waals surface area contributed by atoms with Gasteiger partial charge in [0.15, 0.2) is 0 Å². The Kier molecular flexibility index (Phi) is 8.46. The minimum Gasteiger partial charge on any atom is -0.355 e. The molecule has 2 aliphatic rings. The van der Waals surface area contributed by atoms with Crippen LogP contribution in [0.5, 0.6) is 0 Å². The molecule has 0 bridgehead atoms. The molecule has 1 aliphatic heterocycles. The van der Waals surface area contributed by atoms with E-state index in [1.165, 1.54) is 19.8 Å². The number of hydrogen-bond acceptors (Lipinski definition) is 4. The van der Waals surface area contributed by atoms with Crippen LogP contribution in [0.1, 0.15) is 56.2 Å². The highest BCUT2D eigenvalue weighted by molar-refractivity contribution is 5.79. The van der Waals surface area contributed by atoms with Crippen molar-refractivity contribution in [3.8, 4) is 0 Å². The molecular weight excluding hydrogens is 392 g/mol. The molecule has 2 N–H and O–H groups in total. The molecule has 1 heterocycles. The summed E-state index contributed by atoms with van der Waals surface area (Å²) >= 11 is 0. The van der Waals surface area contributed by atoms with Crippen molar-refractivity contribution in [1.29, 1.82) is 0 Å². The molecule has 1 saturated carbocycles. The molecular formula is C24H36N4O3. The summed E-state index contributed by atoms with van der Waals surface area (Å²) in [6, 6.07) is 7.55. The van der Waals surface area contributed by atoms with Gasteiger partial charge in [-0.2, -0.15) is 0 Å². The van der Waals surface area contributed by atoms with Gasteiger partial charge in [0.25, 0.3) is 0 Å². The molecule has 7 nitrogen and oxygen atoms in total. The summed E-state index contributed by atoms with van der Waals surface area (Å²) in [5, 5.41) is 5.86. The van der Waals surface area contributed by atoms with E-state index in [0.29, 0.717) is 12.5 Å². The van der Waals surface area contributed by atoms with Gasteiger partial charge in [-0.05, 0) is 25.3 Å². The van der Waals surface area contributed by atoms with Crippen LogP contribution in [-0.2, 0) is 14.4 Å². The summed E-state index contributed by atoms with van der Waals surface area (Å²) in [5.74, 6) is 0.360. The normalized spacial score (nSPS) is 18.6. The van der Waals surface area contributed by atoms with Crippen LogP contribution < -0.4 is 10.6 Å². The van der Waals surface area contributed by atoms with E-state index in [2.05, 4.69) is 15.5 Å². The number of hydrogen-bond donors (Lipinski definition) is 2. The fraction of sp³-hybridized carbons (Fsp3) is 0.625. The Morgan fingerprint density at radius 1 is 1.03 bits per heavy atom. The van der Waals surface area contributed by atoms with E-state index in [-0.39, 0.29) is 30.2 Å². The number of amides is 3. The minimum absolute atomic E-state index is 0.0747. The van der Waals surface area contributed by atoms with Crippen LogP contribution in [0.15, 0.2) is 24.3 Å². The first-order valence-electron chi connectivity index (χ1n) is 11.5. The SMILES string of the molecule is CC(=O)NC(CC(=O)NCCN1CCN(C(=O)C2CCCC2)CC1)c1ccc(C)cc1. The summed E-state index contributed by atoms with van der Waals surface area (Å²) in [6.45, 7) is 8.08. The number of carbonyl (C=O) groups is 3. The number of nitrogens with one attached hydrogen (secondary N) is 2. The van der Waals surface area contributed by atoms with Gasteiger partial charge < -0.3 is 15.5 Å². The average molecular weight is 429 g/mol. The molecule has 1 unspecified atom stereocenters. The van der Waals surface area contributed by atoms with Crippen LogP contribution in [-0.4, -0.2) is 66.8 Å². The molecule has 7 heteroatoms. The summed E-state index contributed by atoms with van der Waals surface area (Å²) in [5.41, 5.74) is 2.07. The molecule has 0 spiro atoms. The Labute approximate surface area is 185 Å². The van der Waals surface area contributed by atoms with Gasteiger partial charge in [-0.1, -0.05) is 42.7 Å². The Morgan fingerprint density at radius 3 is 2.29 bits per heavy atom. The van der Waals surface area contributed by atoms with E-state index in [1.807, 2.05) is 36.1 Å². The zero-order valence-electron chi connectivity index (χ0n) is 18.9. The van der Waals surface area contributed by atoms with Crippen LogP contribution in [0, 0.1) is 12.8 Å². The molecule has 1 saturated heterocycles. The fourth-order valence-electron chi connectivity index (χ4n) is 4.53. The second-order valence-corrected chi connectivity index (χ2v) is 8.87. The molecule has 1 aromatic rings. The molecule has 0 radical (unpaired) electrons. The molecule has 31 heavy (non-hydrogen) atoms. The second kappa shape index (κ2) is 11.3. The first-order valence-corrected chi connectivity index (χ1v) is 11.5. The zero-order valence-corrected chi connectivity index (χ0v) is 18.9. The molecule has 2 fully saturated rings. The standard InChI is InChI=1S/C24H36N4O3/c1-18-7-9-20(10-8-18)22(26-19(2)29)17-23(30)25-11-12-27-13-15-28(16-14-27)24(31)21-5-3-4-6-21/h7-10,21-22H,3-6,11-17H2,1-2H3,(H,25,30)(H,26,29). The molecule has 0 aromatic heterocycles. The summed E-state index contributed by atoms with van der Waals surface area (Å²) in [7, 11) is 0. The Balaban J connectivity index is 1.38. The van der Waals surface area contributed by atoms with E-state index >= 15 is 0 Å². The molecule has 3 amide bonds. The maximum Gasteiger partial charge on any atom is 0.225 e. The monoisotopic (exact) mass is 428 g/mol. The van der Waals surface area contributed by atoms with Crippen molar-refractivity contribution in [3.63, 3.8) is 0 Å². The van der Waals surface area contributed by atoms with Crippen molar-refractivity contribution in [2.75, 3.05) is 39.3 Å². The molecule has 1 aromatic carbocycles. The topological polar surface area (TPSA) is 81.8 Å². The molecule has 1 aliphatic carbocycles. The predicted molar refractivity (Wildman–Crippen MR) is 120 cm³/mol. The van der Waals surface area contributed by atoms with Crippen molar-refractivity contribution >= 4 is 17.7 Å². The third-order valence-electron chi connectivity index (χ3n) is 6.39. The maximum atomic E-state index is 12.5. The summed E-state index contributed by atoms with van der Waals surface area (Å²) < 4.78 is 0. The fourth-order valence-corrected chi connectivity index (χ4v) is 4.53. The van der Waals surface area contributed by atoms with E-state index in [4.69, 9.17) is 0 Å². The van der Waals surface area contributed by atoms with Gasteiger partial charge in [-0.15, -0.1) is 0 Å². The van der Waals surface area contributed by atoms with Gasteiger partial charge in [0, 0.05) is 52.1 Å². The lowest BCUT2D eigenvalue weighted by molar-refractivity contribution is -0.137. The van der Waals surface area contributed by atoms with Crippen LogP contribution in [0.25, 0.3) is 0 Å². The molecule has 170 valence electrons. The number of piperazine rings is 1. The van der Waals surface area contributed by atoms with Gasteiger partial charge in [0.1, 0.15) is 0 Å². The van der Waals surface area contributed by atoms with Gasteiger partial charge in [0.05, 0.1) is 12.5 Å². The highest BCUT2D eigenvalue weighted by Crippen LogP contribution is 2.26. The van der Waals surface area contributed by atoms with E-state index < -0.39 is 0 Å². The number of carbonyl (C=O) groups excluding carboxylic acids is 3. The maximum absolute atomic E-state index is 12.5. The second-order valence-electron chi connectivity index (χ2n) is 8.87.